The molecule has 3 atom stereocenters. The zero-order valence-corrected chi connectivity index (χ0v) is 23.9. The summed E-state index contributed by atoms with van der Waals surface area (Å²) in [5, 5.41) is 16.5. The number of carbonyl (C=O) groups is 3. The Morgan fingerprint density at radius 3 is 2.05 bits per heavy atom. The zero-order valence-electron chi connectivity index (χ0n) is 23.9. The summed E-state index contributed by atoms with van der Waals surface area (Å²) >= 11 is 0. The van der Waals surface area contributed by atoms with Gasteiger partial charge in [0.1, 0.15) is 23.4 Å². The third-order valence-corrected chi connectivity index (χ3v) is 5.85. The Kier molecular flexibility index (Phi) is 10.3. The largest absolute Gasteiger partial charge is 0.508 e. The Bertz CT molecular complexity index is 1090. The quantitative estimate of drug-likeness (QED) is 0.422. The first kappa shape index (κ1) is 30.7. The van der Waals surface area contributed by atoms with Gasteiger partial charge in [-0.1, -0.05) is 55.5 Å². The number of nitrogens with one attached hydrogen (secondary N) is 2. The van der Waals surface area contributed by atoms with Crippen LogP contribution in [0, 0.1) is 0 Å². The van der Waals surface area contributed by atoms with E-state index < -0.39 is 47.2 Å². The van der Waals surface area contributed by atoms with E-state index in [1.54, 1.807) is 39.0 Å². The van der Waals surface area contributed by atoms with Gasteiger partial charge in [0.05, 0.1) is 0 Å². The van der Waals surface area contributed by atoms with E-state index in [0.29, 0.717) is 12.0 Å². The summed E-state index contributed by atoms with van der Waals surface area (Å²) in [6.07, 6.45) is 0.0118. The molecular weight excluding hydrogens is 482 g/mol. The molecule has 8 heteroatoms. The number of rotatable bonds is 9. The molecule has 0 aromatic heterocycles. The van der Waals surface area contributed by atoms with Gasteiger partial charge in [-0.3, -0.25) is 9.59 Å². The maximum absolute atomic E-state index is 14.3. The van der Waals surface area contributed by atoms with Gasteiger partial charge in [0.15, 0.2) is 0 Å². The van der Waals surface area contributed by atoms with E-state index >= 15 is 0 Å². The predicted molar refractivity (Wildman–Crippen MR) is 149 cm³/mol. The van der Waals surface area contributed by atoms with E-state index in [0.717, 1.165) is 5.56 Å². The standard InChI is InChI=1S/C30H43N3O5/c1-9-20(2)33(25(26(35)32-29(3,4)5)22-17-13-14-18-24(22)34)27(36)23(19-21-15-11-10-12-16-21)31-28(37)38-30(6,7)8/h10-18,20,23,25,34H,9,19H2,1-8H3,(H,31,37)(H,32,35). The number of hydrogen-bond acceptors (Lipinski definition) is 5. The van der Waals surface area contributed by atoms with Crippen LogP contribution in [0.5, 0.6) is 5.75 Å². The number of amides is 3. The van der Waals surface area contributed by atoms with Crippen molar-refractivity contribution in [2.24, 2.45) is 0 Å². The number of phenols is 1. The molecule has 2 aromatic carbocycles. The highest BCUT2D eigenvalue weighted by atomic mass is 16.6. The first-order chi connectivity index (χ1) is 17.6. The summed E-state index contributed by atoms with van der Waals surface area (Å²) in [5.41, 5.74) is -0.198. The number of alkyl carbamates (subject to hydrolysis) is 1. The van der Waals surface area contributed by atoms with Crippen LogP contribution < -0.4 is 10.6 Å². The second-order valence-electron chi connectivity index (χ2n) is 11.6. The molecule has 0 radical (unpaired) electrons. The van der Waals surface area contributed by atoms with Gasteiger partial charge in [-0.15, -0.1) is 0 Å². The third kappa shape index (κ3) is 9.08. The third-order valence-electron chi connectivity index (χ3n) is 5.85. The molecule has 2 aromatic rings. The van der Waals surface area contributed by atoms with Crippen molar-refractivity contribution in [2.75, 3.05) is 0 Å². The average molecular weight is 526 g/mol. The number of phenolic OH excluding ortho intramolecular Hbond substituents is 1. The van der Waals surface area contributed by atoms with Crippen LogP contribution in [0.1, 0.15) is 79.0 Å². The molecular formula is C30H43N3O5. The number of ether oxygens (including phenoxy) is 1. The van der Waals surface area contributed by atoms with Crippen molar-refractivity contribution < 1.29 is 24.2 Å². The lowest BCUT2D eigenvalue weighted by molar-refractivity contribution is -0.145. The smallest absolute Gasteiger partial charge is 0.408 e. The summed E-state index contributed by atoms with van der Waals surface area (Å²) in [7, 11) is 0. The van der Waals surface area contributed by atoms with E-state index in [2.05, 4.69) is 10.6 Å². The van der Waals surface area contributed by atoms with Crippen LogP contribution in [0.3, 0.4) is 0 Å². The minimum absolute atomic E-state index is 0.0950. The van der Waals surface area contributed by atoms with Crippen LogP contribution in [-0.4, -0.2) is 51.1 Å². The van der Waals surface area contributed by atoms with E-state index in [1.807, 2.05) is 65.0 Å². The normalized spacial score (nSPS) is 14.1. The molecule has 0 bridgehead atoms. The van der Waals surface area contributed by atoms with Crippen LogP contribution >= 0.6 is 0 Å². The van der Waals surface area contributed by atoms with Crippen molar-refractivity contribution in [3.63, 3.8) is 0 Å². The summed E-state index contributed by atoms with van der Waals surface area (Å²) in [6.45, 7) is 14.6. The van der Waals surface area contributed by atoms with Gasteiger partial charge in [-0.05, 0) is 66.5 Å². The van der Waals surface area contributed by atoms with Crippen molar-refractivity contribution in [3.05, 3.63) is 65.7 Å². The Morgan fingerprint density at radius 1 is 0.947 bits per heavy atom. The van der Waals surface area contributed by atoms with Crippen LogP contribution in [-0.2, 0) is 20.7 Å². The van der Waals surface area contributed by atoms with Gasteiger partial charge >= 0.3 is 6.09 Å². The highest BCUT2D eigenvalue weighted by molar-refractivity contribution is 5.93. The Morgan fingerprint density at radius 2 is 1.53 bits per heavy atom. The molecule has 2 rings (SSSR count). The van der Waals surface area contributed by atoms with Crippen molar-refractivity contribution in [2.45, 2.75) is 97.5 Å². The second-order valence-corrected chi connectivity index (χ2v) is 11.6. The molecule has 208 valence electrons. The molecule has 0 aliphatic carbocycles. The Balaban J connectivity index is 2.61. The molecule has 0 spiro atoms. The zero-order chi connectivity index (χ0) is 28.7. The van der Waals surface area contributed by atoms with E-state index in [4.69, 9.17) is 4.74 Å². The van der Waals surface area contributed by atoms with Gasteiger partial charge in [0.25, 0.3) is 0 Å². The molecule has 0 aliphatic rings. The van der Waals surface area contributed by atoms with Gasteiger partial charge in [-0.25, -0.2) is 4.79 Å². The van der Waals surface area contributed by atoms with Crippen molar-refractivity contribution in [1.82, 2.24) is 15.5 Å². The monoisotopic (exact) mass is 525 g/mol. The fourth-order valence-electron chi connectivity index (χ4n) is 4.05. The molecule has 0 heterocycles. The van der Waals surface area contributed by atoms with Crippen molar-refractivity contribution in [3.8, 4) is 5.75 Å². The fraction of sp³-hybridized carbons (Fsp3) is 0.500. The molecule has 38 heavy (non-hydrogen) atoms. The van der Waals surface area contributed by atoms with Crippen LogP contribution in [0.25, 0.3) is 0 Å². The van der Waals surface area contributed by atoms with Crippen LogP contribution in [0.4, 0.5) is 4.79 Å². The average Bonchev–Trinajstić information content (AvgIpc) is 2.80. The van der Waals surface area contributed by atoms with Crippen molar-refractivity contribution >= 4 is 17.9 Å². The summed E-state index contributed by atoms with van der Waals surface area (Å²) < 4.78 is 5.46. The number of carbonyl (C=O) groups excluding carboxylic acids is 3. The first-order valence-corrected chi connectivity index (χ1v) is 13.1. The SMILES string of the molecule is CCC(C)N(C(=O)C(Cc1ccccc1)NC(=O)OC(C)(C)C)C(C(=O)NC(C)(C)C)c1ccccc1O. The molecule has 8 nitrogen and oxygen atoms in total. The summed E-state index contributed by atoms with van der Waals surface area (Å²) in [4.78, 5) is 42.4. The van der Waals surface area contributed by atoms with Gasteiger partial charge in [0.2, 0.25) is 11.8 Å². The number of hydrogen-bond donors (Lipinski definition) is 3. The van der Waals surface area contributed by atoms with E-state index in [9.17, 15) is 19.5 Å². The van der Waals surface area contributed by atoms with E-state index in [1.165, 1.54) is 11.0 Å². The predicted octanol–water partition coefficient (Wildman–Crippen LogP) is 5.11. The number of aromatic hydroxyl groups is 1. The second kappa shape index (κ2) is 12.8. The van der Waals surface area contributed by atoms with Gasteiger partial charge in [0, 0.05) is 23.6 Å². The lowest BCUT2D eigenvalue weighted by Gasteiger charge is -2.39. The fourth-order valence-corrected chi connectivity index (χ4v) is 4.05. The van der Waals surface area contributed by atoms with Crippen LogP contribution in [0.2, 0.25) is 0 Å². The maximum atomic E-state index is 14.3. The molecule has 0 aliphatic heterocycles. The molecule has 3 unspecified atom stereocenters. The molecule has 3 N–H and O–H groups in total. The summed E-state index contributed by atoms with van der Waals surface area (Å²) in [6, 6.07) is 13.3. The number of para-hydroxylation sites is 1. The Hall–Kier alpha value is -3.55. The summed E-state index contributed by atoms with van der Waals surface area (Å²) in [5.74, 6) is -0.975. The topological polar surface area (TPSA) is 108 Å². The lowest BCUT2D eigenvalue weighted by Crippen LogP contribution is -2.57. The minimum atomic E-state index is -1.13. The minimum Gasteiger partial charge on any atom is -0.508 e. The lowest BCUT2D eigenvalue weighted by atomic mass is 9.96. The molecule has 0 saturated heterocycles. The molecule has 0 saturated carbocycles. The van der Waals surface area contributed by atoms with Gasteiger partial charge in [-0.2, -0.15) is 0 Å². The maximum Gasteiger partial charge on any atom is 0.408 e. The highest BCUT2D eigenvalue weighted by Gasteiger charge is 2.40. The number of benzene rings is 2. The van der Waals surface area contributed by atoms with Crippen LogP contribution in [0.15, 0.2) is 54.6 Å². The number of nitrogens with zero attached hydrogens (tertiary/aromatic N) is 1. The molecule has 3 amide bonds. The molecule has 0 fully saturated rings. The van der Waals surface area contributed by atoms with Gasteiger partial charge < -0.3 is 25.4 Å². The van der Waals surface area contributed by atoms with Crippen molar-refractivity contribution in [1.29, 1.82) is 0 Å². The first-order valence-electron chi connectivity index (χ1n) is 13.1. The Labute approximate surface area is 226 Å². The van der Waals surface area contributed by atoms with E-state index in [-0.39, 0.29) is 12.2 Å². The highest BCUT2D eigenvalue weighted by Crippen LogP contribution is 2.32.